The molecule has 7 heteroatoms. The molecule has 0 aromatic carbocycles. The Bertz CT molecular complexity index is 774. The summed E-state index contributed by atoms with van der Waals surface area (Å²) in [5, 5.41) is 0. The van der Waals surface area contributed by atoms with Crippen molar-refractivity contribution in [2.24, 2.45) is 4.99 Å². The van der Waals surface area contributed by atoms with E-state index in [9.17, 15) is 9.59 Å². The van der Waals surface area contributed by atoms with Crippen molar-refractivity contribution in [3.8, 4) is 5.88 Å². The smallest absolute Gasteiger partial charge is 0.412 e. The van der Waals surface area contributed by atoms with Gasteiger partial charge in [0.15, 0.2) is 6.29 Å². The number of carbonyl (C=O) groups excluding carboxylic acids is 2. The van der Waals surface area contributed by atoms with Crippen LogP contribution in [0.5, 0.6) is 5.88 Å². The van der Waals surface area contributed by atoms with Crippen molar-refractivity contribution in [2.45, 2.75) is 59.9 Å². The summed E-state index contributed by atoms with van der Waals surface area (Å²) in [7, 11) is 1.54. The number of carbonyl (C=O) groups is 2. The Morgan fingerprint density at radius 1 is 1.28 bits per heavy atom. The zero-order valence-corrected chi connectivity index (χ0v) is 18.3. The minimum atomic E-state index is -0.646. The SMILES string of the molecule is CC.COc1ccc(CN(C(=O)OC(C)(C)C)C2C=CC=C(C=O)C(C)=N2)cn1. The average Bonchev–Trinajstić information content (AvgIpc) is 2.87. The Morgan fingerprint density at radius 2 is 1.97 bits per heavy atom. The lowest BCUT2D eigenvalue weighted by atomic mass is 10.2. The number of methoxy groups -OCH3 is 1. The maximum atomic E-state index is 12.8. The maximum Gasteiger partial charge on any atom is 0.412 e. The van der Waals surface area contributed by atoms with Crippen LogP contribution >= 0.6 is 0 Å². The predicted molar refractivity (Wildman–Crippen MR) is 114 cm³/mol. The van der Waals surface area contributed by atoms with Gasteiger partial charge in [-0.3, -0.25) is 14.7 Å². The number of aliphatic imine (C=N–C) groups is 1. The number of ether oxygens (including phenoxy) is 2. The zero-order valence-electron chi connectivity index (χ0n) is 18.3. The highest BCUT2D eigenvalue weighted by Gasteiger charge is 2.28. The van der Waals surface area contributed by atoms with Gasteiger partial charge in [0.05, 0.1) is 13.7 Å². The van der Waals surface area contributed by atoms with Gasteiger partial charge in [-0.2, -0.15) is 0 Å². The maximum absolute atomic E-state index is 12.8. The third kappa shape index (κ3) is 7.52. The molecule has 1 aliphatic rings. The van der Waals surface area contributed by atoms with Crippen molar-refractivity contribution in [3.63, 3.8) is 0 Å². The first-order chi connectivity index (χ1) is 13.7. The molecule has 2 rings (SSSR count). The summed E-state index contributed by atoms with van der Waals surface area (Å²) in [5.74, 6) is 0.491. The third-order valence-electron chi connectivity index (χ3n) is 3.74. The molecule has 0 radical (unpaired) electrons. The van der Waals surface area contributed by atoms with Gasteiger partial charge in [0.25, 0.3) is 0 Å². The second kappa shape index (κ2) is 11.1. The van der Waals surface area contributed by atoms with Crippen molar-refractivity contribution in [2.75, 3.05) is 7.11 Å². The number of amides is 1. The molecule has 1 atom stereocenters. The van der Waals surface area contributed by atoms with Gasteiger partial charge in [-0.25, -0.2) is 9.78 Å². The van der Waals surface area contributed by atoms with Gasteiger partial charge in [-0.15, -0.1) is 0 Å². The quantitative estimate of drug-likeness (QED) is 0.686. The lowest BCUT2D eigenvalue weighted by molar-refractivity contribution is -0.104. The van der Waals surface area contributed by atoms with Gasteiger partial charge in [0.2, 0.25) is 5.88 Å². The number of aldehydes is 1. The average molecular weight is 402 g/mol. The molecule has 1 aliphatic heterocycles. The molecule has 1 amide bonds. The van der Waals surface area contributed by atoms with Crippen LogP contribution < -0.4 is 4.74 Å². The highest BCUT2D eigenvalue weighted by molar-refractivity contribution is 6.14. The molecule has 0 aliphatic carbocycles. The number of hydrogen-bond donors (Lipinski definition) is 0. The molecule has 1 aromatic rings. The van der Waals surface area contributed by atoms with E-state index >= 15 is 0 Å². The predicted octanol–water partition coefficient (Wildman–Crippen LogP) is 4.34. The second-order valence-corrected chi connectivity index (χ2v) is 7.07. The molecular formula is C22H31N3O4. The molecule has 1 aromatic heterocycles. The van der Waals surface area contributed by atoms with Crippen LogP contribution in [0, 0.1) is 0 Å². The van der Waals surface area contributed by atoms with Crippen LogP contribution in [0.3, 0.4) is 0 Å². The molecule has 0 bridgehead atoms. The topological polar surface area (TPSA) is 81.1 Å². The molecule has 0 spiro atoms. The fourth-order valence-electron chi connectivity index (χ4n) is 2.40. The minimum Gasteiger partial charge on any atom is -0.481 e. The highest BCUT2D eigenvalue weighted by atomic mass is 16.6. The van der Waals surface area contributed by atoms with E-state index in [1.807, 2.05) is 40.7 Å². The number of allylic oxidation sites excluding steroid dienone is 3. The minimum absolute atomic E-state index is 0.244. The molecule has 0 saturated carbocycles. The summed E-state index contributed by atoms with van der Waals surface area (Å²) in [4.78, 5) is 34.2. The monoisotopic (exact) mass is 401 g/mol. The van der Waals surface area contributed by atoms with Crippen LogP contribution in [-0.2, 0) is 16.1 Å². The van der Waals surface area contributed by atoms with Crippen molar-refractivity contribution in [1.82, 2.24) is 9.88 Å². The third-order valence-corrected chi connectivity index (χ3v) is 3.74. The summed E-state index contributed by atoms with van der Waals surface area (Å²) in [6.45, 7) is 11.4. The fourth-order valence-corrected chi connectivity index (χ4v) is 2.40. The molecule has 1 unspecified atom stereocenters. The first-order valence-electron chi connectivity index (χ1n) is 9.60. The van der Waals surface area contributed by atoms with Crippen LogP contribution in [0.1, 0.15) is 47.1 Å². The van der Waals surface area contributed by atoms with Crippen LogP contribution in [0.15, 0.2) is 47.1 Å². The van der Waals surface area contributed by atoms with Crippen molar-refractivity contribution in [3.05, 3.63) is 47.7 Å². The summed E-state index contributed by atoms with van der Waals surface area (Å²) >= 11 is 0. The summed E-state index contributed by atoms with van der Waals surface area (Å²) in [6, 6.07) is 3.56. The van der Waals surface area contributed by atoms with E-state index in [1.165, 1.54) is 4.90 Å². The van der Waals surface area contributed by atoms with Crippen molar-refractivity contribution < 1.29 is 19.1 Å². The Hall–Kier alpha value is -2.96. The Labute approximate surface area is 173 Å². The van der Waals surface area contributed by atoms with Crippen LogP contribution in [-0.4, -0.2) is 46.9 Å². The summed E-state index contributed by atoms with van der Waals surface area (Å²) in [6.07, 6.45) is 6.43. The fraction of sp³-hybridized carbons (Fsp3) is 0.455. The van der Waals surface area contributed by atoms with Gasteiger partial charge in [-0.05, 0) is 39.3 Å². The largest absolute Gasteiger partial charge is 0.481 e. The molecular weight excluding hydrogens is 370 g/mol. The van der Waals surface area contributed by atoms with E-state index in [2.05, 4.69) is 9.98 Å². The Balaban J connectivity index is 0.00000204. The van der Waals surface area contributed by atoms with E-state index in [-0.39, 0.29) is 6.54 Å². The normalized spacial score (nSPS) is 15.8. The zero-order chi connectivity index (χ0) is 22.0. The lowest BCUT2D eigenvalue weighted by Gasteiger charge is -2.30. The highest BCUT2D eigenvalue weighted by Crippen LogP contribution is 2.19. The Kier molecular flexibility index (Phi) is 9.25. The van der Waals surface area contributed by atoms with E-state index in [1.54, 1.807) is 44.5 Å². The van der Waals surface area contributed by atoms with Gasteiger partial charge in [-0.1, -0.05) is 32.1 Å². The first kappa shape index (κ1) is 24.1. The number of pyridine rings is 1. The lowest BCUT2D eigenvalue weighted by Crippen LogP contribution is -2.41. The molecule has 0 saturated heterocycles. The van der Waals surface area contributed by atoms with E-state index in [0.29, 0.717) is 17.2 Å². The van der Waals surface area contributed by atoms with Crippen LogP contribution in [0.2, 0.25) is 0 Å². The Morgan fingerprint density at radius 3 is 2.48 bits per heavy atom. The van der Waals surface area contributed by atoms with Gasteiger partial charge in [0, 0.05) is 23.5 Å². The summed E-state index contributed by atoms with van der Waals surface area (Å²) < 4.78 is 10.6. The van der Waals surface area contributed by atoms with E-state index in [0.717, 1.165) is 11.8 Å². The summed E-state index contributed by atoms with van der Waals surface area (Å²) in [5.41, 5.74) is 1.19. The molecule has 158 valence electrons. The van der Waals surface area contributed by atoms with Crippen molar-refractivity contribution in [1.29, 1.82) is 0 Å². The van der Waals surface area contributed by atoms with E-state index in [4.69, 9.17) is 9.47 Å². The van der Waals surface area contributed by atoms with Gasteiger partial charge >= 0.3 is 6.09 Å². The molecule has 29 heavy (non-hydrogen) atoms. The van der Waals surface area contributed by atoms with Crippen molar-refractivity contribution >= 4 is 18.1 Å². The second-order valence-electron chi connectivity index (χ2n) is 7.07. The number of nitrogens with zero attached hydrogens (tertiary/aromatic N) is 3. The number of aromatic nitrogens is 1. The first-order valence-corrected chi connectivity index (χ1v) is 9.60. The van der Waals surface area contributed by atoms with E-state index < -0.39 is 17.9 Å². The number of hydrogen-bond acceptors (Lipinski definition) is 6. The van der Waals surface area contributed by atoms with Gasteiger partial charge in [0.1, 0.15) is 11.8 Å². The standard InChI is InChI=1S/C20H25N3O4.C2H6/c1-14-16(13-24)7-6-8-17(22-14)23(19(25)27-20(2,3)4)12-15-9-10-18(26-5)21-11-15;1-2/h6-11,13,17H,12H2,1-5H3;1-2H3. The van der Waals surface area contributed by atoms with Crippen LogP contribution in [0.25, 0.3) is 0 Å². The molecule has 7 nitrogen and oxygen atoms in total. The van der Waals surface area contributed by atoms with Crippen LogP contribution in [0.4, 0.5) is 4.79 Å². The number of rotatable bonds is 5. The molecule has 2 heterocycles. The molecule has 0 fully saturated rings. The molecule has 0 N–H and O–H groups in total. The van der Waals surface area contributed by atoms with Gasteiger partial charge < -0.3 is 9.47 Å².